The highest BCUT2D eigenvalue weighted by atomic mass is 32.2. The summed E-state index contributed by atoms with van der Waals surface area (Å²) in [6.45, 7) is 4.25. The first kappa shape index (κ1) is 10.7. The van der Waals surface area contributed by atoms with Crippen molar-refractivity contribution in [2.24, 2.45) is 0 Å². The topological polar surface area (TPSA) is 49.4 Å². The first-order valence-electron chi connectivity index (χ1n) is 4.44. The van der Waals surface area contributed by atoms with Gasteiger partial charge in [-0.05, 0) is 12.8 Å². The maximum atomic E-state index is 11.5. The molecule has 1 unspecified atom stereocenters. The van der Waals surface area contributed by atoms with Gasteiger partial charge >= 0.3 is 0 Å². The van der Waals surface area contributed by atoms with Crippen molar-refractivity contribution >= 4 is 10.2 Å². The minimum Gasteiger partial charge on any atom is -0.205 e. The Labute approximate surface area is 79.8 Å². The molecule has 1 aliphatic heterocycles. The van der Waals surface area contributed by atoms with Gasteiger partial charge in [0.05, 0.1) is 0 Å². The monoisotopic (exact) mass is 204 g/mol. The van der Waals surface area contributed by atoms with Gasteiger partial charge in [-0.1, -0.05) is 12.5 Å². The Hall–Kier alpha value is -0.390. The van der Waals surface area contributed by atoms with Crippen LogP contribution in [0.1, 0.15) is 19.3 Å². The molecule has 0 saturated carbocycles. The van der Waals surface area contributed by atoms with Crippen molar-refractivity contribution in [3.05, 3.63) is 12.7 Å². The van der Waals surface area contributed by atoms with E-state index < -0.39 is 10.2 Å². The summed E-state index contributed by atoms with van der Waals surface area (Å²) < 4.78 is 26.8. The molecule has 1 fully saturated rings. The first-order chi connectivity index (χ1) is 6.11. The normalized spacial score (nSPS) is 25.8. The van der Waals surface area contributed by atoms with Crippen molar-refractivity contribution in [1.82, 2.24) is 9.03 Å². The molecular weight excluding hydrogens is 188 g/mol. The average Bonchev–Trinajstić information content (AvgIpc) is 2.18. The third kappa shape index (κ3) is 2.30. The maximum absolute atomic E-state index is 11.5. The fourth-order valence-corrected chi connectivity index (χ4v) is 2.73. The fourth-order valence-electron chi connectivity index (χ4n) is 1.58. The van der Waals surface area contributed by atoms with E-state index in [1.165, 1.54) is 11.4 Å². The standard InChI is InChI=1S/C8H16N2O2S/c1-3-8-6-4-5-7-10(8)13(11,12)9-2/h3,8-9H,1,4-7H2,2H3. The molecule has 0 aromatic rings. The van der Waals surface area contributed by atoms with Gasteiger partial charge in [-0.15, -0.1) is 6.58 Å². The van der Waals surface area contributed by atoms with E-state index in [1.54, 1.807) is 6.08 Å². The molecule has 1 atom stereocenters. The van der Waals surface area contributed by atoms with Crippen molar-refractivity contribution in [2.45, 2.75) is 25.3 Å². The second-order valence-electron chi connectivity index (χ2n) is 3.12. The highest BCUT2D eigenvalue weighted by Gasteiger charge is 2.28. The van der Waals surface area contributed by atoms with Crippen LogP contribution in [0.2, 0.25) is 0 Å². The van der Waals surface area contributed by atoms with Gasteiger partial charge in [-0.3, -0.25) is 0 Å². The third-order valence-electron chi connectivity index (χ3n) is 2.34. The fraction of sp³-hybridized carbons (Fsp3) is 0.750. The average molecular weight is 204 g/mol. The summed E-state index contributed by atoms with van der Waals surface area (Å²) in [4.78, 5) is 0. The largest absolute Gasteiger partial charge is 0.279 e. The minimum absolute atomic E-state index is 0.0359. The minimum atomic E-state index is -3.27. The molecule has 1 N–H and O–H groups in total. The van der Waals surface area contributed by atoms with Crippen LogP contribution < -0.4 is 4.72 Å². The number of rotatable bonds is 3. The molecule has 0 aliphatic carbocycles. The van der Waals surface area contributed by atoms with Gasteiger partial charge in [0.25, 0.3) is 10.2 Å². The molecule has 0 aromatic heterocycles. The summed E-state index contributed by atoms with van der Waals surface area (Å²) in [5.74, 6) is 0. The Morgan fingerprint density at radius 2 is 2.23 bits per heavy atom. The second kappa shape index (κ2) is 4.21. The van der Waals surface area contributed by atoms with Crippen LogP contribution in [-0.4, -0.2) is 32.4 Å². The molecule has 1 saturated heterocycles. The van der Waals surface area contributed by atoms with Crippen LogP contribution in [0.3, 0.4) is 0 Å². The van der Waals surface area contributed by atoms with Crippen LogP contribution in [0.4, 0.5) is 0 Å². The molecule has 4 nitrogen and oxygen atoms in total. The van der Waals surface area contributed by atoms with Gasteiger partial charge in [0, 0.05) is 19.6 Å². The lowest BCUT2D eigenvalue weighted by Gasteiger charge is -2.32. The molecular formula is C8H16N2O2S. The summed E-state index contributed by atoms with van der Waals surface area (Å²) in [6.07, 6.45) is 4.59. The van der Waals surface area contributed by atoms with E-state index in [9.17, 15) is 8.42 Å². The van der Waals surface area contributed by atoms with Crippen LogP contribution in [0, 0.1) is 0 Å². The van der Waals surface area contributed by atoms with Crippen molar-refractivity contribution in [3.63, 3.8) is 0 Å². The summed E-state index contributed by atoms with van der Waals surface area (Å²) in [6, 6.07) is -0.0359. The zero-order valence-corrected chi connectivity index (χ0v) is 8.68. The Kier molecular flexibility index (Phi) is 3.47. The Balaban J connectivity index is 2.81. The predicted octanol–water partition coefficient (Wildman–Crippen LogP) is 0.491. The number of nitrogens with zero attached hydrogens (tertiary/aromatic N) is 1. The van der Waals surface area contributed by atoms with Gasteiger partial charge in [0.1, 0.15) is 0 Å². The SMILES string of the molecule is C=CC1CCCCN1S(=O)(=O)NC. The second-order valence-corrected chi connectivity index (χ2v) is 4.95. The van der Waals surface area contributed by atoms with Gasteiger partial charge in [0.15, 0.2) is 0 Å². The Bertz CT molecular complexity index is 274. The summed E-state index contributed by atoms with van der Waals surface area (Å²) in [5, 5.41) is 0. The summed E-state index contributed by atoms with van der Waals surface area (Å²) in [5.41, 5.74) is 0. The molecule has 1 heterocycles. The van der Waals surface area contributed by atoms with Gasteiger partial charge in [-0.2, -0.15) is 12.7 Å². The molecule has 76 valence electrons. The molecule has 13 heavy (non-hydrogen) atoms. The first-order valence-corrected chi connectivity index (χ1v) is 5.88. The summed E-state index contributed by atoms with van der Waals surface area (Å²) in [7, 11) is -1.84. The zero-order valence-electron chi connectivity index (χ0n) is 7.86. The third-order valence-corrected chi connectivity index (χ3v) is 3.92. The lowest BCUT2D eigenvalue weighted by molar-refractivity contribution is 0.289. The molecule has 0 aromatic carbocycles. The van der Waals surface area contributed by atoms with Gasteiger partial charge < -0.3 is 0 Å². The van der Waals surface area contributed by atoms with E-state index in [2.05, 4.69) is 11.3 Å². The lowest BCUT2D eigenvalue weighted by atomic mass is 10.1. The van der Waals surface area contributed by atoms with Gasteiger partial charge in [-0.25, -0.2) is 4.72 Å². The Morgan fingerprint density at radius 1 is 1.54 bits per heavy atom. The Morgan fingerprint density at radius 3 is 2.77 bits per heavy atom. The van der Waals surface area contributed by atoms with E-state index in [0.29, 0.717) is 6.54 Å². The number of piperidine rings is 1. The predicted molar refractivity (Wildman–Crippen MR) is 52.5 cm³/mol. The van der Waals surface area contributed by atoms with E-state index in [-0.39, 0.29) is 6.04 Å². The zero-order chi connectivity index (χ0) is 9.90. The van der Waals surface area contributed by atoms with E-state index in [1.807, 2.05) is 0 Å². The van der Waals surface area contributed by atoms with E-state index >= 15 is 0 Å². The van der Waals surface area contributed by atoms with Crippen LogP contribution in [0.15, 0.2) is 12.7 Å². The molecule has 1 aliphatic rings. The van der Waals surface area contributed by atoms with Crippen molar-refractivity contribution in [3.8, 4) is 0 Å². The van der Waals surface area contributed by atoms with E-state index in [4.69, 9.17) is 0 Å². The summed E-state index contributed by atoms with van der Waals surface area (Å²) >= 11 is 0. The van der Waals surface area contributed by atoms with Crippen molar-refractivity contribution in [2.75, 3.05) is 13.6 Å². The van der Waals surface area contributed by atoms with Crippen LogP contribution in [0.5, 0.6) is 0 Å². The molecule has 0 spiro atoms. The smallest absolute Gasteiger partial charge is 0.205 e. The van der Waals surface area contributed by atoms with Crippen LogP contribution >= 0.6 is 0 Å². The number of hydrogen-bond donors (Lipinski definition) is 1. The van der Waals surface area contributed by atoms with Crippen LogP contribution in [0.25, 0.3) is 0 Å². The number of nitrogens with one attached hydrogen (secondary N) is 1. The van der Waals surface area contributed by atoms with Crippen molar-refractivity contribution < 1.29 is 8.42 Å². The quantitative estimate of drug-likeness (QED) is 0.680. The van der Waals surface area contributed by atoms with Crippen LogP contribution in [-0.2, 0) is 10.2 Å². The molecule has 5 heteroatoms. The lowest BCUT2D eigenvalue weighted by Crippen LogP contribution is -2.47. The maximum Gasteiger partial charge on any atom is 0.279 e. The molecule has 0 amide bonds. The highest BCUT2D eigenvalue weighted by molar-refractivity contribution is 7.87. The molecule has 0 bridgehead atoms. The molecule has 0 radical (unpaired) electrons. The van der Waals surface area contributed by atoms with Gasteiger partial charge in [0.2, 0.25) is 0 Å². The van der Waals surface area contributed by atoms with Crippen molar-refractivity contribution in [1.29, 1.82) is 0 Å². The van der Waals surface area contributed by atoms with E-state index in [0.717, 1.165) is 19.3 Å². The number of hydrogen-bond acceptors (Lipinski definition) is 2. The molecule has 1 rings (SSSR count). The highest BCUT2D eigenvalue weighted by Crippen LogP contribution is 2.19.